The second kappa shape index (κ2) is 3.06. The Balaban J connectivity index is 2.36. The summed E-state index contributed by atoms with van der Waals surface area (Å²) in [7, 11) is 0. The van der Waals surface area contributed by atoms with Crippen LogP contribution in [0.3, 0.4) is 0 Å². The van der Waals surface area contributed by atoms with Gasteiger partial charge in [-0.05, 0) is 49.6 Å². The van der Waals surface area contributed by atoms with Crippen LogP contribution in [0.1, 0.15) is 30.0 Å². The molecule has 1 fully saturated rings. The fraction of sp³-hybridized carbons (Fsp3) is 0.500. The number of thioether (sulfide) groups is 1. The zero-order valence-electron chi connectivity index (χ0n) is 8.55. The lowest BCUT2D eigenvalue weighted by Crippen LogP contribution is -2.27. The Morgan fingerprint density at radius 1 is 1.23 bits per heavy atom. The lowest BCUT2D eigenvalue weighted by molar-refractivity contribution is 0.625. The molecule has 0 radical (unpaired) electrons. The third-order valence-electron chi connectivity index (χ3n) is 3.12. The fourth-order valence-electron chi connectivity index (χ4n) is 1.71. The topological polar surface area (TPSA) is 0 Å². The van der Waals surface area contributed by atoms with Crippen molar-refractivity contribution in [1.82, 2.24) is 0 Å². The van der Waals surface area contributed by atoms with Crippen molar-refractivity contribution in [1.29, 1.82) is 0 Å². The van der Waals surface area contributed by atoms with Crippen molar-refractivity contribution in [2.45, 2.75) is 31.9 Å². The molecule has 2 rings (SSSR count). The van der Waals surface area contributed by atoms with Crippen molar-refractivity contribution in [3.05, 3.63) is 34.9 Å². The summed E-state index contributed by atoms with van der Waals surface area (Å²) in [6.45, 7) is 6.73. The van der Waals surface area contributed by atoms with E-state index in [1.54, 1.807) is 0 Å². The molecule has 70 valence electrons. The van der Waals surface area contributed by atoms with Crippen LogP contribution in [0, 0.1) is 13.8 Å². The molecule has 0 amide bonds. The molecule has 1 aromatic carbocycles. The zero-order valence-corrected chi connectivity index (χ0v) is 9.37. The van der Waals surface area contributed by atoms with Crippen LogP contribution in [0.2, 0.25) is 0 Å². The van der Waals surface area contributed by atoms with Gasteiger partial charge in [0.1, 0.15) is 0 Å². The zero-order chi connectivity index (χ0) is 9.47. The molecule has 0 aromatic heterocycles. The first kappa shape index (κ1) is 9.14. The van der Waals surface area contributed by atoms with Gasteiger partial charge in [-0.1, -0.05) is 18.2 Å². The van der Waals surface area contributed by atoms with Crippen LogP contribution in [-0.2, 0) is 4.75 Å². The molecular weight excluding hydrogens is 176 g/mol. The number of benzene rings is 1. The average molecular weight is 192 g/mol. The molecule has 1 aliphatic heterocycles. The number of hydrogen-bond donors (Lipinski definition) is 0. The van der Waals surface area contributed by atoms with Crippen molar-refractivity contribution in [3.63, 3.8) is 0 Å². The summed E-state index contributed by atoms with van der Waals surface area (Å²) < 4.78 is 0.415. The summed E-state index contributed by atoms with van der Waals surface area (Å²) in [6.07, 6.45) is 1.33. The Morgan fingerprint density at radius 2 is 1.92 bits per heavy atom. The van der Waals surface area contributed by atoms with Crippen molar-refractivity contribution >= 4 is 11.8 Å². The van der Waals surface area contributed by atoms with Crippen LogP contribution in [0.4, 0.5) is 0 Å². The largest absolute Gasteiger partial charge is 0.151 e. The van der Waals surface area contributed by atoms with Crippen molar-refractivity contribution in [2.24, 2.45) is 0 Å². The van der Waals surface area contributed by atoms with Gasteiger partial charge in [0.25, 0.3) is 0 Å². The molecule has 1 saturated heterocycles. The molecule has 0 aliphatic carbocycles. The maximum atomic E-state index is 2.35. The molecule has 0 N–H and O–H groups in total. The van der Waals surface area contributed by atoms with Crippen LogP contribution in [-0.4, -0.2) is 5.75 Å². The molecule has 1 unspecified atom stereocenters. The van der Waals surface area contributed by atoms with Crippen LogP contribution < -0.4 is 0 Å². The highest BCUT2D eigenvalue weighted by Crippen LogP contribution is 2.48. The van der Waals surface area contributed by atoms with Gasteiger partial charge in [0, 0.05) is 4.75 Å². The first-order valence-corrected chi connectivity index (χ1v) is 5.82. The van der Waals surface area contributed by atoms with E-state index < -0.39 is 0 Å². The molecule has 0 nitrogen and oxygen atoms in total. The van der Waals surface area contributed by atoms with Crippen molar-refractivity contribution in [2.75, 3.05) is 5.75 Å². The average Bonchev–Trinajstić information content (AvgIpc) is 2.06. The highest BCUT2D eigenvalue weighted by Gasteiger charge is 2.34. The first-order chi connectivity index (χ1) is 6.12. The molecule has 1 heterocycles. The summed E-state index contributed by atoms with van der Waals surface area (Å²) in [5.74, 6) is 1.32. The highest BCUT2D eigenvalue weighted by atomic mass is 32.2. The second-order valence-corrected chi connectivity index (χ2v) is 5.73. The Bertz CT molecular complexity index is 324. The Morgan fingerprint density at radius 3 is 2.38 bits per heavy atom. The molecule has 1 aliphatic rings. The smallest absolute Gasteiger partial charge is 0.0388 e. The van der Waals surface area contributed by atoms with Crippen molar-refractivity contribution < 1.29 is 0 Å². The SMILES string of the molecule is Cc1ccc(C2(C)CCS2)cc1C. The van der Waals surface area contributed by atoms with Gasteiger partial charge >= 0.3 is 0 Å². The van der Waals surface area contributed by atoms with Crippen LogP contribution in [0.25, 0.3) is 0 Å². The van der Waals surface area contributed by atoms with E-state index in [1.807, 2.05) is 0 Å². The minimum absolute atomic E-state index is 0.415. The number of rotatable bonds is 1. The van der Waals surface area contributed by atoms with E-state index >= 15 is 0 Å². The maximum Gasteiger partial charge on any atom is 0.0388 e. The van der Waals surface area contributed by atoms with Gasteiger partial charge < -0.3 is 0 Å². The quantitative estimate of drug-likeness (QED) is 0.654. The lowest BCUT2D eigenvalue weighted by Gasteiger charge is -2.38. The second-order valence-electron chi connectivity index (χ2n) is 4.13. The van der Waals surface area contributed by atoms with E-state index in [0.29, 0.717) is 4.75 Å². The van der Waals surface area contributed by atoms with Gasteiger partial charge in [-0.3, -0.25) is 0 Å². The molecule has 1 atom stereocenters. The molecule has 1 heteroatoms. The first-order valence-electron chi connectivity index (χ1n) is 4.83. The Labute approximate surface area is 84.7 Å². The molecule has 1 aromatic rings. The van der Waals surface area contributed by atoms with Crippen LogP contribution in [0.5, 0.6) is 0 Å². The summed E-state index contributed by atoms with van der Waals surface area (Å²) in [5.41, 5.74) is 4.33. The van der Waals surface area contributed by atoms with Crippen LogP contribution in [0.15, 0.2) is 18.2 Å². The van der Waals surface area contributed by atoms with Gasteiger partial charge in [0.2, 0.25) is 0 Å². The predicted octanol–water partition coefficient (Wildman–Crippen LogP) is 3.66. The minimum atomic E-state index is 0.415. The van der Waals surface area contributed by atoms with Crippen LogP contribution >= 0.6 is 11.8 Å². The predicted molar refractivity (Wildman–Crippen MR) is 60.3 cm³/mol. The maximum absolute atomic E-state index is 2.35. The third kappa shape index (κ3) is 1.50. The van der Waals surface area contributed by atoms with E-state index in [-0.39, 0.29) is 0 Å². The fourth-order valence-corrected chi connectivity index (χ4v) is 2.82. The summed E-state index contributed by atoms with van der Waals surface area (Å²) in [5, 5.41) is 0. The van der Waals surface area contributed by atoms with E-state index in [4.69, 9.17) is 0 Å². The molecular formula is C12H16S. The van der Waals surface area contributed by atoms with Gasteiger partial charge in [0.15, 0.2) is 0 Å². The normalized spacial score (nSPS) is 27.0. The van der Waals surface area contributed by atoms with E-state index in [2.05, 4.69) is 50.7 Å². The number of aryl methyl sites for hydroxylation is 2. The van der Waals surface area contributed by atoms with E-state index in [9.17, 15) is 0 Å². The van der Waals surface area contributed by atoms with E-state index in [0.717, 1.165) is 0 Å². The van der Waals surface area contributed by atoms with Gasteiger partial charge in [-0.2, -0.15) is 11.8 Å². The monoisotopic (exact) mass is 192 g/mol. The van der Waals surface area contributed by atoms with E-state index in [1.165, 1.54) is 28.9 Å². The Hall–Kier alpha value is -0.430. The molecule has 0 saturated carbocycles. The standard InChI is InChI=1S/C12H16S/c1-9-4-5-11(8-10(9)2)12(3)6-7-13-12/h4-5,8H,6-7H2,1-3H3. The minimum Gasteiger partial charge on any atom is -0.151 e. The van der Waals surface area contributed by atoms with Gasteiger partial charge in [0.05, 0.1) is 0 Å². The van der Waals surface area contributed by atoms with Gasteiger partial charge in [-0.25, -0.2) is 0 Å². The Kier molecular flexibility index (Phi) is 2.15. The summed E-state index contributed by atoms with van der Waals surface area (Å²) >= 11 is 2.08. The summed E-state index contributed by atoms with van der Waals surface area (Å²) in [4.78, 5) is 0. The molecule has 13 heavy (non-hydrogen) atoms. The molecule has 0 bridgehead atoms. The molecule has 0 spiro atoms. The number of hydrogen-bond acceptors (Lipinski definition) is 1. The van der Waals surface area contributed by atoms with Gasteiger partial charge in [-0.15, -0.1) is 0 Å². The third-order valence-corrected chi connectivity index (χ3v) is 4.60. The highest BCUT2D eigenvalue weighted by molar-refractivity contribution is 8.01. The van der Waals surface area contributed by atoms with Crippen molar-refractivity contribution in [3.8, 4) is 0 Å². The summed E-state index contributed by atoms with van der Waals surface area (Å²) in [6, 6.07) is 6.88. The lowest BCUT2D eigenvalue weighted by atomic mass is 9.93.